The second-order valence-electron chi connectivity index (χ2n) is 3.99. The van der Waals surface area contributed by atoms with Crippen LogP contribution in [0.15, 0.2) is 12.3 Å². The Morgan fingerprint density at radius 3 is 2.25 bits per heavy atom. The van der Waals surface area contributed by atoms with Gasteiger partial charge in [0.2, 0.25) is 0 Å². The molecule has 0 unspecified atom stereocenters. The average molecular weight is 167 g/mol. The number of piperidine rings is 3. The monoisotopic (exact) mass is 167 g/mol. The second kappa shape index (κ2) is 3.09. The van der Waals surface area contributed by atoms with Gasteiger partial charge in [-0.15, -0.1) is 0 Å². The molecule has 68 valence electrons. The van der Waals surface area contributed by atoms with Crippen LogP contribution >= 0.6 is 0 Å². The third kappa shape index (κ3) is 1.36. The molecule has 0 radical (unpaired) electrons. The molecule has 3 aliphatic rings. The van der Waals surface area contributed by atoms with E-state index in [-0.39, 0.29) is 0 Å². The van der Waals surface area contributed by atoms with E-state index in [0.29, 0.717) is 5.41 Å². The predicted molar refractivity (Wildman–Crippen MR) is 48.9 cm³/mol. The van der Waals surface area contributed by atoms with Crippen LogP contribution in [0.3, 0.4) is 0 Å². The van der Waals surface area contributed by atoms with E-state index in [4.69, 9.17) is 4.74 Å². The van der Waals surface area contributed by atoms with Crippen LogP contribution in [-0.2, 0) is 4.74 Å². The molecular weight excluding hydrogens is 150 g/mol. The zero-order valence-corrected chi connectivity index (χ0v) is 7.75. The van der Waals surface area contributed by atoms with E-state index in [1.807, 2.05) is 6.26 Å². The number of ether oxygens (including phenoxy) is 1. The Kier molecular flexibility index (Phi) is 2.09. The van der Waals surface area contributed by atoms with Crippen molar-refractivity contribution in [1.29, 1.82) is 0 Å². The predicted octanol–water partition coefficient (Wildman–Crippen LogP) is 1.63. The van der Waals surface area contributed by atoms with Crippen LogP contribution in [-0.4, -0.2) is 31.6 Å². The zero-order chi connectivity index (χ0) is 8.44. The SMILES string of the molecule is COC=CC12CCN(CC1)CC2. The van der Waals surface area contributed by atoms with Gasteiger partial charge in [-0.3, -0.25) is 0 Å². The Labute approximate surface area is 74.2 Å². The van der Waals surface area contributed by atoms with Gasteiger partial charge in [0.25, 0.3) is 0 Å². The van der Waals surface area contributed by atoms with Crippen molar-refractivity contribution in [3.63, 3.8) is 0 Å². The van der Waals surface area contributed by atoms with E-state index < -0.39 is 0 Å². The number of methoxy groups -OCH3 is 1. The maximum atomic E-state index is 4.99. The lowest BCUT2D eigenvalue weighted by Crippen LogP contribution is -2.47. The van der Waals surface area contributed by atoms with E-state index >= 15 is 0 Å². The van der Waals surface area contributed by atoms with Gasteiger partial charge in [0.15, 0.2) is 0 Å². The molecule has 0 atom stereocenters. The molecule has 0 aliphatic carbocycles. The first kappa shape index (κ1) is 8.11. The fourth-order valence-corrected chi connectivity index (χ4v) is 2.32. The highest BCUT2D eigenvalue weighted by molar-refractivity contribution is 5.03. The Hall–Kier alpha value is -0.500. The average Bonchev–Trinajstić information content (AvgIpc) is 2.18. The molecule has 0 amide bonds. The van der Waals surface area contributed by atoms with Crippen molar-refractivity contribution < 1.29 is 4.74 Å². The molecule has 3 rings (SSSR count). The molecule has 0 N–H and O–H groups in total. The Bertz CT molecular complexity index is 167. The quantitative estimate of drug-likeness (QED) is 0.580. The fraction of sp³-hybridized carbons (Fsp3) is 0.800. The van der Waals surface area contributed by atoms with Crippen molar-refractivity contribution in [2.75, 3.05) is 26.7 Å². The van der Waals surface area contributed by atoms with E-state index in [1.54, 1.807) is 7.11 Å². The highest BCUT2D eigenvalue weighted by atomic mass is 16.5. The lowest BCUT2D eigenvalue weighted by molar-refractivity contribution is 0.0596. The topological polar surface area (TPSA) is 12.5 Å². The van der Waals surface area contributed by atoms with E-state index in [9.17, 15) is 0 Å². The molecule has 3 fully saturated rings. The molecule has 2 heteroatoms. The van der Waals surface area contributed by atoms with E-state index in [0.717, 1.165) is 0 Å². The van der Waals surface area contributed by atoms with E-state index in [2.05, 4.69) is 11.0 Å². The molecule has 0 aromatic carbocycles. The number of fused-ring (bicyclic) bond motifs is 3. The maximum Gasteiger partial charge on any atom is 0.0790 e. The molecule has 3 heterocycles. The van der Waals surface area contributed by atoms with Gasteiger partial charge in [0.05, 0.1) is 13.4 Å². The Balaban J connectivity index is 2.03. The van der Waals surface area contributed by atoms with Crippen molar-refractivity contribution >= 4 is 0 Å². The number of allylic oxidation sites excluding steroid dienone is 1. The summed E-state index contributed by atoms with van der Waals surface area (Å²) in [6.07, 6.45) is 8.12. The van der Waals surface area contributed by atoms with Crippen LogP contribution in [0.25, 0.3) is 0 Å². The Morgan fingerprint density at radius 2 is 1.75 bits per heavy atom. The summed E-state index contributed by atoms with van der Waals surface area (Å²) in [6, 6.07) is 0. The van der Waals surface area contributed by atoms with Crippen molar-refractivity contribution in [3.05, 3.63) is 12.3 Å². The summed E-state index contributed by atoms with van der Waals surface area (Å²) in [5, 5.41) is 0. The lowest BCUT2D eigenvalue weighted by Gasteiger charge is -2.46. The highest BCUT2D eigenvalue weighted by Crippen LogP contribution is 2.41. The third-order valence-electron chi connectivity index (χ3n) is 3.34. The number of rotatable bonds is 2. The van der Waals surface area contributed by atoms with Gasteiger partial charge < -0.3 is 9.64 Å². The van der Waals surface area contributed by atoms with Crippen LogP contribution < -0.4 is 0 Å². The standard InChI is InChI=1S/C10H17NO/c1-12-9-5-10-2-6-11(7-3-10)8-4-10/h5,9H,2-4,6-8H2,1H3. The minimum Gasteiger partial charge on any atom is -0.505 e. The summed E-state index contributed by atoms with van der Waals surface area (Å²) in [6.45, 7) is 3.86. The lowest BCUT2D eigenvalue weighted by atomic mass is 9.72. The van der Waals surface area contributed by atoms with Gasteiger partial charge >= 0.3 is 0 Å². The number of hydrogen-bond acceptors (Lipinski definition) is 2. The summed E-state index contributed by atoms with van der Waals surface area (Å²) in [5.41, 5.74) is 0.491. The summed E-state index contributed by atoms with van der Waals surface area (Å²) in [7, 11) is 1.73. The van der Waals surface area contributed by atoms with Gasteiger partial charge in [-0.25, -0.2) is 0 Å². The smallest absolute Gasteiger partial charge is 0.0790 e. The minimum atomic E-state index is 0.491. The minimum absolute atomic E-state index is 0.491. The molecule has 0 saturated carbocycles. The third-order valence-corrected chi connectivity index (χ3v) is 3.34. The van der Waals surface area contributed by atoms with Crippen molar-refractivity contribution in [2.45, 2.75) is 19.3 Å². The maximum absolute atomic E-state index is 4.99. The number of nitrogens with zero attached hydrogens (tertiary/aromatic N) is 1. The molecule has 0 aromatic heterocycles. The van der Waals surface area contributed by atoms with Crippen LogP contribution in [0.1, 0.15) is 19.3 Å². The van der Waals surface area contributed by atoms with Gasteiger partial charge in [0, 0.05) is 0 Å². The van der Waals surface area contributed by atoms with Crippen LogP contribution in [0.2, 0.25) is 0 Å². The first-order chi connectivity index (χ1) is 5.85. The molecule has 2 bridgehead atoms. The van der Waals surface area contributed by atoms with Crippen molar-refractivity contribution in [3.8, 4) is 0 Å². The van der Waals surface area contributed by atoms with Crippen LogP contribution in [0.4, 0.5) is 0 Å². The van der Waals surface area contributed by atoms with Gasteiger partial charge in [-0.2, -0.15) is 0 Å². The Morgan fingerprint density at radius 1 is 1.17 bits per heavy atom. The first-order valence-electron chi connectivity index (χ1n) is 4.78. The second-order valence-corrected chi connectivity index (χ2v) is 3.99. The van der Waals surface area contributed by atoms with Gasteiger partial charge in [-0.1, -0.05) is 0 Å². The summed E-state index contributed by atoms with van der Waals surface area (Å²) < 4.78 is 4.99. The molecule has 0 spiro atoms. The highest BCUT2D eigenvalue weighted by Gasteiger charge is 2.37. The summed E-state index contributed by atoms with van der Waals surface area (Å²) >= 11 is 0. The molecule has 3 saturated heterocycles. The first-order valence-corrected chi connectivity index (χ1v) is 4.78. The van der Waals surface area contributed by atoms with Crippen molar-refractivity contribution in [1.82, 2.24) is 4.90 Å². The summed E-state index contributed by atoms with van der Waals surface area (Å²) in [4.78, 5) is 2.56. The van der Waals surface area contributed by atoms with E-state index in [1.165, 1.54) is 38.9 Å². The molecule has 0 aromatic rings. The van der Waals surface area contributed by atoms with Gasteiger partial charge in [0.1, 0.15) is 0 Å². The largest absolute Gasteiger partial charge is 0.505 e. The van der Waals surface area contributed by atoms with Crippen molar-refractivity contribution in [2.24, 2.45) is 5.41 Å². The number of hydrogen-bond donors (Lipinski definition) is 0. The molecule has 2 nitrogen and oxygen atoms in total. The van der Waals surface area contributed by atoms with Crippen LogP contribution in [0.5, 0.6) is 0 Å². The summed E-state index contributed by atoms with van der Waals surface area (Å²) in [5.74, 6) is 0. The molecular formula is C10H17NO. The normalized spacial score (nSPS) is 40.6. The fourth-order valence-electron chi connectivity index (χ4n) is 2.32. The van der Waals surface area contributed by atoms with Gasteiger partial charge in [-0.05, 0) is 50.4 Å². The van der Waals surface area contributed by atoms with Crippen LogP contribution in [0, 0.1) is 5.41 Å². The zero-order valence-electron chi connectivity index (χ0n) is 7.75. The molecule has 12 heavy (non-hydrogen) atoms. The molecule has 3 aliphatic heterocycles.